The summed E-state index contributed by atoms with van der Waals surface area (Å²) in [6.07, 6.45) is -0.0597. The average molecular weight is 399 g/mol. The van der Waals surface area contributed by atoms with Crippen LogP contribution in [0.2, 0.25) is 0 Å². The standard InChI is InChI=1S/C14H14IN3OS/c15-11-12(9-4-2-1-3-5-9)17-14(18-13(11)16)10-8-20-7-6-19-10/h1-5,10H,6-8H2,(H2,16,17,18). The number of nitrogen functional groups attached to an aromatic ring is 1. The number of hydrogen-bond acceptors (Lipinski definition) is 5. The zero-order valence-electron chi connectivity index (χ0n) is 10.8. The summed E-state index contributed by atoms with van der Waals surface area (Å²) in [6.45, 7) is 0.741. The second-order valence-electron chi connectivity index (χ2n) is 4.43. The van der Waals surface area contributed by atoms with Crippen molar-refractivity contribution in [2.24, 2.45) is 0 Å². The minimum atomic E-state index is -0.0597. The van der Waals surface area contributed by atoms with Gasteiger partial charge in [-0.15, -0.1) is 0 Å². The van der Waals surface area contributed by atoms with Gasteiger partial charge in [0.25, 0.3) is 0 Å². The first-order valence-electron chi connectivity index (χ1n) is 6.33. The molecule has 1 fully saturated rings. The molecule has 4 nitrogen and oxygen atoms in total. The lowest BCUT2D eigenvalue weighted by atomic mass is 10.1. The maximum atomic E-state index is 6.04. The van der Waals surface area contributed by atoms with Crippen molar-refractivity contribution in [3.63, 3.8) is 0 Å². The van der Waals surface area contributed by atoms with Gasteiger partial charge < -0.3 is 10.5 Å². The Kier molecular flexibility index (Phi) is 4.42. The maximum absolute atomic E-state index is 6.04. The monoisotopic (exact) mass is 399 g/mol. The van der Waals surface area contributed by atoms with Crippen LogP contribution in [0.3, 0.4) is 0 Å². The van der Waals surface area contributed by atoms with Gasteiger partial charge in [-0.05, 0) is 22.6 Å². The number of rotatable bonds is 2. The molecule has 20 heavy (non-hydrogen) atoms. The van der Waals surface area contributed by atoms with Crippen molar-refractivity contribution in [3.05, 3.63) is 39.7 Å². The molecular weight excluding hydrogens is 385 g/mol. The summed E-state index contributed by atoms with van der Waals surface area (Å²) in [5, 5.41) is 0. The number of nitrogens with zero attached hydrogens (tertiary/aromatic N) is 2. The van der Waals surface area contributed by atoms with Crippen LogP contribution in [0.5, 0.6) is 0 Å². The van der Waals surface area contributed by atoms with Crippen LogP contribution in [0.25, 0.3) is 11.3 Å². The zero-order chi connectivity index (χ0) is 13.9. The molecule has 1 unspecified atom stereocenters. The van der Waals surface area contributed by atoms with Gasteiger partial charge in [-0.25, -0.2) is 9.97 Å². The van der Waals surface area contributed by atoms with Crippen molar-refractivity contribution in [1.82, 2.24) is 9.97 Å². The molecule has 0 amide bonds. The van der Waals surface area contributed by atoms with Crippen LogP contribution in [-0.4, -0.2) is 28.1 Å². The Morgan fingerprint density at radius 2 is 2.05 bits per heavy atom. The lowest BCUT2D eigenvalue weighted by Gasteiger charge is -2.22. The molecule has 3 rings (SSSR count). The predicted octanol–water partition coefficient (Wildman–Crippen LogP) is 3.13. The fraction of sp³-hybridized carbons (Fsp3) is 0.286. The molecule has 0 aliphatic carbocycles. The van der Waals surface area contributed by atoms with Crippen LogP contribution in [0.4, 0.5) is 5.82 Å². The highest BCUT2D eigenvalue weighted by molar-refractivity contribution is 14.1. The predicted molar refractivity (Wildman–Crippen MR) is 90.6 cm³/mol. The topological polar surface area (TPSA) is 61.0 Å². The van der Waals surface area contributed by atoms with Crippen LogP contribution in [0.1, 0.15) is 11.9 Å². The Balaban J connectivity index is 2.03. The van der Waals surface area contributed by atoms with Gasteiger partial charge >= 0.3 is 0 Å². The van der Waals surface area contributed by atoms with Crippen LogP contribution < -0.4 is 5.73 Å². The molecule has 1 aliphatic rings. The summed E-state index contributed by atoms with van der Waals surface area (Å²) in [5.74, 6) is 3.12. The van der Waals surface area contributed by atoms with Crippen molar-refractivity contribution >= 4 is 40.2 Å². The van der Waals surface area contributed by atoms with E-state index in [4.69, 9.17) is 15.5 Å². The zero-order valence-corrected chi connectivity index (χ0v) is 13.7. The molecule has 2 heterocycles. The number of hydrogen-bond donors (Lipinski definition) is 1. The van der Waals surface area contributed by atoms with Crippen LogP contribution in [0.15, 0.2) is 30.3 Å². The Morgan fingerprint density at radius 3 is 2.75 bits per heavy atom. The number of aromatic nitrogens is 2. The minimum absolute atomic E-state index is 0.0597. The van der Waals surface area contributed by atoms with Crippen molar-refractivity contribution in [3.8, 4) is 11.3 Å². The van der Waals surface area contributed by atoms with Crippen molar-refractivity contribution in [2.75, 3.05) is 23.8 Å². The molecule has 1 aromatic heterocycles. The first-order chi connectivity index (χ1) is 9.75. The molecule has 1 aliphatic heterocycles. The summed E-state index contributed by atoms with van der Waals surface area (Å²) in [4.78, 5) is 9.09. The van der Waals surface area contributed by atoms with Crippen molar-refractivity contribution in [2.45, 2.75) is 6.10 Å². The van der Waals surface area contributed by atoms with E-state index < -0.39 is 0 Å². The summed E-state index contributed by atoms with van der Waals surface area (Å²) >= 11 is 4.06. The molecule has 0 bridgehead atoms. The third kappa shape index (κ3) is 2.91. The van der Waals surface area contributed by atoms with E-state index in [1.54, 1.807) is 0 Å². The largest absolute Gasteiger partial charge is 0.383 e. The van der Waals surface area contributed by atoms with E-state index in [2.05, 4.69) is 27.6 Å². The lowest BCUT2D eigenvalue weighted by Crippen LogP contribution is -2.19. The van der Waals surface area contributed by atoms with E-state index in [0.717, 1.165) is 32.9 Å². The number of thioether (sulfide) groups is 1. The highest BCUT2D eigenvalue weighted by atomic mass is 127. The van der Waals surface area contributed by atoms with E-state index in [-0.39, 0.29) is 6.10 Å². The van der Waals surface area contributed by atoms with Gasteiger partial charge in [0.1, 0.15) is 11.9 Å². The molecule has 0 saturated carbocycles. The molecule has 1 aromatic carbocycles. The van der Waals surface area contributed by atoms with Crippen LogP contribution in [-0.2, 0) is 4.74 Å². The highest BCUT2D eigenvalue weighted by Gasteiger charge is 2.22. The van der Waals surface area contributed by atoms with Gasteiger partial charge in [0.2, 0.25) is 0 Å². The Bertz CT molecular complexity index is 603. The molecular formula is C14H14IN3OS. The van der Waals surface area contributed by atoms with E-state index in [1.807, 2.05) is 42.1 Å². The van der Waals surface area contributed by atoms with E-state index in [1.165, 1.54) is 0 Å². The van der Waals surface area contributed by atoms with E-state index in [9.17, 15) is 0 Å². The molecule has 104 valence electrons. The van der Waals surface area contributed by atoms with Gasteiger partial charge in [-0.2, -0.15) is 11.8 Å². The molecule has 2 N–H and O–H groups in total. The summed E-state index contributed by atoms with van der Waals surface area (Å²) < 4.78 is 6.64. The Hall–Kier alpha value is -0.860. The summed E-state index contributed by atoms with van der Waals surface area (Å²) in [5.41, 5.74) is 7.98. The van der Waals surface area contributed by atoms with Gasteiger partial charge in [0, 0.05) is 17.1 Å². The molecule has 2 aromatic rings. The lowest BCUT2D eigenvalue weighted by molar-refractivity contribution is 0.0696. The van der Waals surface area contributed by atoms with Gasteiger partial charge in [0.05, 0.1) is 15.9 Å². The Morgan fingerprint density at radius 1 is 1.25 bits per heavy atom. The minimum Gasteiger partial charge on any atom is -0.383 e. The molecule has 6 heteroatoms. The van der Waals surface area contributed by atoms with Gasteiger partial charge in [0.15, 0.2) is 5.82 Å². The normalized spacial score (nSPS) is 18.9. The summed E-state index contributed by atoms with van der Waals surface area (Å²) in [6, 6.07) is 10.0. The van der Waals surface area contributed by atoms with Crippen molar-refractivity contribution < 1.29 is 4.74 Å². The fourth-order valence-corrected chi connectivity index (χ4v) is 3.44. The molecule has 1 saturated heterocycles. The smallest absolute Gasteiger partial charge is 0.161 e. The Labute approximate surface area is 135 Å². The van der Waals surface area contributed by atoms with Gasteiger partial charge in [-0.3, -0.25) is 0 Å². The fourth-order valence-electron chi connectivity index (χ4n) is 2.05. The van der Waals surface area contributed by atoms with Crippen molar-refractivity contribution in [1.29, 1.82) is 0 Å². The number of halogens is 1. The van der Waals surface area contributed by atoms with Crippen LogP contribution in [0, 0.1) is 3.57 Å². The first kappa shape index (κ1) is 14.1. The quantitative estimate of drug-likeness (QED) is 0.787. The van der Waals surface area contributed by atoms with Crippen LogP contribution >= 0.6 is 34.4 Å². The third-order valence-electron chi connectivity index (χ3n) is 3.05. The third-order valence-corrected chi connectivity index (χ3v) is 5.10. The number of nitrogens with two attached hydrogens (primary N) is 1. The second kappa shape index (κ2) is 6.28. The number of benzene rings is 1. The molecule has 1 atom stereocenters. The number of anilines is 1. The average Bonchev–Trinajstić information content (AvgIpc) is 2.51. The highest BCUT2D eigenvalue weighted by Crippen LogP contribution is 2.30. The SMILES string of the molecule is Nc1nc(C2CSCCO2)nc(-c2ccccc2)c1I. The van der Waals surface area contributed by atoms with Gasteiger partial charge in [-0.1, -0.05) is 30.3 Å². The van der Waals surface area contributed by atoms with E-state index in [0.29, 0.717) is 11.6 Å². The molecule has 0 radical (unpaired) electrons. The second-order valence-corrected chi connectivity index (χ2v) is 6.66. The molecule has 0 spiro atoms. The first-order valence-corrected chi connectivity index (χ1v) is 8.56. The maximum Gasteiger partial charge on any atom is 0.161 e. The summed E-state index contributed by atoms with van der Waals surface area (Å²) in [7, 11) is 0. The number of ether oxygens (including phenoxy) is 1. The van der Waals surface area contributed by atoms with E-state index >= 15 is 0 Å².